The van der Waals surface area contributed by atoms with Gasteiger partial charge >= 0.3 is 0 Å². The Hall–Kier alpha value is -2.16. The van der Waals surface area contributed by atoms with Crippen LogP contribution in [0.3, 0.4) is 0 Å². The van der Waals surface area contributed by atoms with Crippen molar-refractivity contribution in [3.63, 3.8) is 0 Å². The number of rotatable bonds is 8. The summed E-state index contributed by atoms with van der Waals surface area (Å²) in [6.45, 7) is 2.14. The molecule has 0 radical (unpaired) electrons. The van der Waals surface area contributed by atoms with Crippen molar-refractivity contribution >= 4 is 27.7 Å². The van der Waals surface area contributed by atoms with Crippen LogP contribution in [0.25, 0.3) is 0 Å². The average molecular weight is 464 g/mol. The number of aliphatic hydroxyl groups is 1. The van der Waals surface area contributed by atoms with E-state index in [-0.39, 0.29) is 18.4 Å². The summed E-state index contributed by atoms with van der Waals surface area (Å²) in [4.78, 5) is 18.9. The Labute approximate surface area is 179 Å². The minimum Gasteiger partial charge on any atom is -0.497 e. The van der Waals surface area contributed by atoms with E-state index < -0.39 is 6.10 Å². The molecule has 8 heteroatoms. The molecule has 2 aromatic rings. The van der Waals surface area contributed by atoms with E-state index in [1.165, 1.54) is 0 Å². The second kappa shape index (κ2) is 10.6. The van der Waals surface area contributed by atoms with Crippen molar-refractivity contribution in [1.29, 1.82) is 0 Å². The van der Waals surface area contributed by atoms with Gasteiger partial charge in [0.05, 0.1) is 13.0 Å². The van der Waals surface area contributed by atoms with Gasteiger partial charge in [0, 0.05) is 23.8 Å². The molecule has 2 atom stereocenters. The van der Waals surface area contributed by atoms with Crippen molar-refractivity contribution in [1.82, 2.24) is 9.88 Å². The van der Waals surface area contributed by atoms with E-state index in [1.807, 2.05) is 30.3 Å². The molecule has 156 valence electrons. The lowest BCUT2D eigenvalue weighted by molar-refractivity contribution is -0.121. The number of carbonyl (C=O) groups excluding carboxylic acids is 1. The normalized spacial score (nSPS) is 18.1. The van der Waals surface area contributed by atoms with Gasteiger partial charge in [-0.3, -0.25) is 9.69 Å². The lowest BCUT2D eigenvalue weighted by Gasteiger charge is -2.33. The summed E-state index contributed by atoms with van der Waals surface area (Å²) in [5.74, 6) is 1.83. The zero-order valence-electron chi connectivity index (χ0n) is 16.4. The van der Waals surface area contributed by atoms with E-state index >= 15 is 0 Å². The van der Waals surface area contributed by atoms with Crippen molar-refractivity contribution in [2.24, 2.45) is 5.92 Å². The number of hydrogen-bond acceptors (Lipinski definition) is 6. The second-order valence-electron chi connectivity index (χ2n) is 7.09. The molecule has 7 nitrogen and oxygen atoms in total. The SMILES string of the molecule is COc1ccc(OCC(O)CN2CCCC(C(=O)Nc3ccc(Br)cn3)C2)cc1. The number of carbonyl (C=O) groups is 1. The maximum Gasteiger partial charge on any atom is 0.229 e. The Morgan fingerprint density at radius 3 is 2.76 bits per heavy atom. The maximum atomic E-state index is 12.6. The summed E-state index contributed by atoms with van der Waals surface area (Å²) in [6, 6.07) is 10.9. The summed E-state index contributed by atoms with van der Waals surface area (Å²) in [7, 11) is 1.61. The molecule has 29 heavy (non-hydrogen) atoms. The zero-order valence-corrected chi connectivity index (χ0v) is 18.0. The van der Waals surface area contributed by atoms with E-state index in [9.17, 15) is 9.90 Å². The van der Waals surface area contributed by atoms with Crippen molar-refractivity contribution in [3.8, 4) is 11.5 Å². The molecule has 0 spiro atoms. The number of nitrogens with one attached hydrogen (secondary N) is 1. The maximum absolute atomic E-state index is 12.6. The van der Waals surface area contributed by atoms with Gasteiger partial charge in [0.2, 0.25) is 5.91 Å². The van der Waals surface area contributed by atoms with Crippen molar-refractivity contribution in [2.75, 3.05) is 38.7 Å². The molecule has 1 fully saturated rings. The highest BCUT2D eigenvalue weighted by Crippen LogP contribution is 2.20. The standard InChI is InChI=1S/C21H26BrN3O4/c1-28-18-5-7-19(8-6-18)29-14-17(26)13-25-10-2-3-15(12-25)21(27)24-20-9-4-16(22)11-23-20/h4-9,11,15,17,26H,2-3,10,12-14H2,1H3,(H,23,24,27). The predicted molar refractivity (Wildman–Crippen MR) is 114 cm³/mol. The Kier molecular flexibility index (Phi) is 7.85. The third-order valence-corrected chi connectivity index (χ3v) is 5.29. The van der Waals surface area contributed by atoms with Gasteiger partial charge in [-0.05, 0) is 71.7 Å². The van der Waals surface area contributed by atoms with Gasteiger partial charge in [-0.25, -0.2) is 4.98 Å². The molecule has 3 rings (SSSR count). The number of benzene rings is 1. The second-order valence-corrected chi connectivity index (χ2v) is 8.01. The molecule has 0 bridgehead atoms. The van der Waals surface area contributed by atoms with Crippen LogP contribution in [-0.4, -0.2) is 60.4 Å². The number of halogens is 1. The van der Waals surface area contributed by atoms with Crippen molar-refractivity contribution in [2.45, 2.75) is 18.9 Å². The minimum atomic E-state index is -0.632. The highest BCUT2D eigenvalue weighted by atomic mass is 79.9. The predicted octanol–water partition coefficient (Wildman–Crippen LogP) is 2.94. The number of methoxy groups -OCH3 is 1. The number of aromatic nitrogens is 1. The topological polar surface area (TPSA) is 83.9 Å². The van der Waals surface area contributed by atoms with Crippen LogP contribution in [0.2, 0.25) is 0 Å². The summed E-state index contributed by atoms with van der Waals surface area (Å²) in [5.41, 5.74) is 0. The Bertz CT molecular complexity index is 786. The van der Waals surface area contributed by atoms with Crippen LogP contribution in [0.15, 0.2) is 47.1 Å². The Morgan fingerprint density at radius 1 is 1.31 bits per heavy atom. The third kappa shape index (κ3) is 6.69. The van der Waals surface area contributed by atoms with Crippen LogP contribution in [-0.2, 0) is 4.79 Å². The van der Waals surface area contributed by atoms with Crippen LogP contribution in [0.4, 0.5) is 5.82 Å². The Morgan fingerprint density at radius 2 is 2.07 bits per heavy atom. The number of aliphatic hydroxyl groups excluding tert-OH is 1. The number of β-amino-alcohol motifs (C(OH)–C–C–N with tert-alkyl or cyclic N) is 1. The van der Waals surface area contributed by atoms with Gasteiger partial charge in [-0.2, -0.15) is 0 Å². The fourth-order valence-electron chi connectivity index (χ4n) is 3.33. The molecule has 1 aliphatic heterocycles. The van der Waals surface area contributed by atoms with E-state index in [0.717, 1.165) is 29.6 Å². The molecule has 0 aliphatic carbocycles. The first kappa shape index (κ1) is 21.5. The molecule has 1 aromatic heterocycles. The molecule has 2 unspecified atom stereocenters. The fraction of sp³-hybridized carbons (Fsp3) is 0.429. The lowest BCUT2D eigenvalue weighted by Crippen LogP contribution is -2.44. The quantitative estimate of drug-likeness (QED) is 0.625. The van der Waals surface area contributed by atoms with Crippen molar-refractivity contribution < 1.29 is 19.4 Å². The minimum absolute atomic E-state index is 0.0338. The van der Waals surface area contributed by atoms with Gasteiger partial charge in [0.1, 0.15) is 30.0 Å². The molecule has 2 heterocycles. The summed E-state index contributed by atoms with van der Waals surface area (Å²) < 4.78 is 11.6. The number of anilines is 1. The van der Waals surface area contributed by atoms with E-state index in [4.69, 9.17) is 9.47 Å². The summed E-state index contributed by atoms with van der Waals surface area (Å²) in [6.07, 6.45) is 2.77. The number of piperidine rings is 1. The zero-order chi connectivity index (χ0) is 20.6. The van der Waals surface area contributed by atoms with Gasteiger partial charge in [0.15, 0.2) is 0 Å². The third-order valence-electron chi connectivity index (χ3n) is 4.83. The number of pyridine rings is 1. The highest BCUT2D eigenvalue weighted by molar-refractivity contribution is 9.10. The Balaban J connectivity index is 1.44. The van der Waals surface area contributed by atoms with E-state index in [0.29, 0.717) is 24.7 Å². The van der Waals surface area contributed by atoms with Crippen LogP contribution in [0.1, 0.15) is 12.8 Å². The number of ether oxygens (including phenoxy) is 2. The molecule has 1 amide bonds. The molecule has 1 aliphatic rings. The molecule has 1 aromatic carbocycles. The van der Waals surface area contributed by atoms with Crippen LogP contribution in [0.5, 0.6) is 11.5 Å². The molecular formula is C21H26BrN3O4. The van der Waals surface area contributed by atoms with Gasteiger partial charge in [-0.15, -0.1) is 0 Å². The molecule has 0 saturated carbocycles. The van der Waals surface area contributed by atoms with Crippen molar-refractivity contribution in [3.05, 3.63) is 47.1 Å². The van der Waals surface area contributed by atoms with E-state index in [1.54, 1.807) is 19.4 Å². The highest BCUT2D eigenvalue weighted by Gasteiger charge is 2.27. The molecule has 2 N–H and O–H groups in total. The fourth-order valence-corrected chi connectivity index (χ4v) is 3.56. The lowest BCUT2D eigenvalue weighted by atomic mass is 9.97. The largest absolute Gasteiger partial charge is 0.497 e. The smallest absolute Gasteiger partial charge is 0.229 e. The number of nitrogens with zero attached hydrogens (tertiary/aromatic N) is 2. The molecular weight excluding hydrogens is 438 g/mol. The first-order chi connectivity index (χ1) is 14.0. The van der Waals surface area contributed by atoms with E-state index in [2.05, 4.69) is 31.1 Å². The monoisotopic (exact) mass is 463 g/mol. The summed E-state index contributed by atoms with van der Waals surface area (Å²) in [5, 5.41) is 13.2. The van der Waals surface area contributed by atoms with Crippen LogP contribution < -0.4 is 14.8 Å². The van der Waals surface area contributed by atoms with Gasteiger partial charge in [-0.1, -0.05) is 0 Å². The number of hydrogen-bond donors (Lipinski definition) is 2. The first-order valence-corrected chi connectivity index (χ1v) is 10.4. The number of likely N-dealkylation sites (tertiary alicyclic amines) is 1. The average Bonchev–Trinajstić information content (AvgIpc) is 2.74. The van der Waals surface area contributed by atoms with Crippen LogP contribution >= 0.6 is 15.9 Å². The van der Waals surface area contributed by atoms with Crippen LogP contribution in [0, 0.1) is 5.92 Å². The molecule has 1 saturated heterocycles. The number of amides is 1. The first-order valence-electron chi connectivity index (χ1n) is 9.63. The van der Waals surface area contributed by atoms with Gasteiger partial charge < -0.3 is 19.9 Å². The summed E-state index contributed by atoms with van der Waals surface area (Å²) >= 11 is 3.33. The van der Waals surface area contributed by atoms with Gasteiger partial charge in [0.25, 0.3) is 0 Å².